The van der Waals surface area contributed by atoms with Crippen LogP contribution in [-0.4, -0.2) is 77.7 Å². The van der Waals surface area contributed by atoms with Crippen LogP contribution in [-0.2, 0) is 32.0 Å². The molecule has 1 aliphatic rings. The molecule has 0 aromatic heterocycles. The Morgan fingerprint density at radius 2 is 1.62 bits per heavy atom. The van der Waals surface area contributed by atoms with Crippen LogP contribution in [0.3, 0.4) is 0 Å². The van der Waals surface area contributed by atoms with E-state index in [0.29, 0.717) is 0 Å². The van der Waals surface area contributed by atoms with Crippen LogP contribution in [0.25, 0.3) is 0 Å². The van der Waals surface area contributed by atoms with Crippen molar-refractivity contribution in [3.8, 4) is 0 Å². The number of benzene rings is 2. The number of hydrogen-bond acceptors (Lipinski definition) is 8. The zero-order valence-corrected chi connectivity index (χ0v) is 18.7. The molecule has 0 saturated carbocycles. The van der Waals surface area contributed by atoms with E-state index in [1.54, 1.807) is 36.4 Å². The molecule has 2 amide bonds. The van der Waals surface area contributed by atoms with E-state index in [2.05, 4.69) is 10.6 Å². The van der Waals surface area contributed by atoms with Crippen LogP contribution < -0.4 is 10.6 Å². The standard InChI is InChI=1S/C24H30N2O8/c1-32-23-21(29)19(20(28)18(13-27)34-23)26-22(30)17(12-15-8-4-2-5-9-15)25-24(31)33-14-16-10-6-3-7-11-16/h2-11,17-21,23,27-29H,12-14H2,1H3,(H,25,31)(H,26,30)/t17-,18+,19-,20-,21-,23+/m1/s1. The van der Waals surface area contributed by atoms with Crippen molar-refractivity contribution in [1.82, 2.24) is 10.6 Å². The molecule has 3 rings (SSSR count). The maximum absolute atomic E-state index is 13.2. The van der Waals surface area contributed by atoms with E-state index < -0.39 is 55.3 Å². The lowest BCUT2D eigenvalue weighted by Gasteiger charge is -2.42. The van der Waals surface area contributed by atoms with E-state index in [9.17, 15) is 24.9 Å². The molecule has 1 saturated heterocycles. The molecule has 0 spiro atoms. The van der Waals surface area contributed by atoms with Crippen molar-refractivity contribution in [1.29, 1.82) is 0 Å². The first kappa shape index (κ1) is 25.6. The molecular weight excluding hydrogens is 444 g/mol. The molecule has 1 heterocycles. The van der Waals surface area contributed by atoms with Crippen molar-refractivity contribution in [2.75, 3.05) is 13.7 Å². The van der Waals surface area contributed by atoms with Gasteiger partial charge in [0.15, 0.2) is 6.29 Å². The number of carbonyl (C=O) groups is 2. The second-order valence-electron chi connectivity index (χ2n) is 7.93. The number of nitrogens with one attached hydrogen (secondary N) is 2. The van der Waals surface area contributed by atoms with Gasteiger partial charge in [-0.15, -0.1) is 0 Å². The summed E-state index contributed by atoms with van der Waals surface area (Å²) in [5.74, 6) is -0.656. The van der Waals surface area contributed by atoms with Crippen LogP contribution in [0.4, 0.5) is 4.79 Å². The molecule has 34 heavy (non-hydrogen) atoms. The number of ether oxygens (including phenoxy) is 3. The van der Waals surface area contributed by atoms with Crippen molar-refractivity contribution in [2.24, 2.45) is 0 Å². The van der Waals surface area contributed by atoms with Crippen LogP contribution in [0.5, 0.6) is 0 Å². The smallest absolute Gasteiger partial charge is 0.408 e. The van der Waals surface area contributed by atoms with Crippen LogP contribution in [0.1, 0.15) is 11.1 Å². The molecule has 0 radical (unpaired) electrons. The molecular formula is C24H30N2O8. The molecule has 10 nitrogen and oxygen atoms in total. The Morgan fingerprint density at radius 3 is 2.21 bits per heavy atom. The third kappa shape index (κ3) is 6.75. The minimum absolute atomic E-state index is 0.0252. The van der Waals surface area contributed by atoms with E-state index in [0.717, 1.165) is 11.1 Å². The molecule has 0 bridgehead atoms. The first-order valence-electron chi connectivity index (χ1n) is 10.9. The predicted octanol–water partition coefficient (Wildman–Crippen LogP) is 0.0943. The summed E-state index contributed by atoms with van der Waals surface area (Å²) in [7, 11) is 1.29. The predicted molar refractivity (Wildman–Crippen MR) is 120 cm³/mol. The van der Waals surface area contributed by atoms with Gasteiger partial charge in [-0.1, -0.05) is 60.7 Å². The first-order valence-corrected chi connectivity index (χ1v) is 10.9. The van der Waals surface area contributed by atoms with Crippen molar-refractivity contribution < 1.29 is 39.1 Å². The lowest BCUT2D eigenvalue weighted by Crippen LogP contribution is -2.66. The molecule has 1 aliphatic heterocycles. The van der Waals surface area contributed by atoms with Gasteiger partial charge in [0.1, 0.15) is 31.0 Å². The maximum atomic E-state index is 13.2. The highest BCUT2D eigenvalue weighted by molar-refractivity contribution is 5.86. The fourth-order valence-electron chi connectivity index (χ4n) is 3.68. The Hall–Kier alpha value is -3.02. The second kappa shape index (κ2) is 12.4. The quantitative estimate of drug-likeness (QED) is 0.344. The fourth-order valence-corrected chi connectivity index (χ4v) is 3.68. The van der Waals surface area contributed by atoms with Gasteiger partial charge in [0.25, 0.3) is 0 Å². The highest BCUT2D eigenvalue weighted by atomic mass is 16.7. The van der Waals surface area contributed by atoms with E-state index in [-0.39, 0.29) is 13.0 Å². The Balaban J connectivity index is 1.71. The van der Waals surface area contributed by atoms with Crippen molar-refractivity contribution in [2.45, 2.75) is 49.7 Å². The average Bonchev–Trinajstić information content (AvgIpc) is 2.86. The topological polar surface area (TPSA) is 147 Å². The van der Waals surface area contributed by atoms with Crippen molar-refractivity contribution >= 4 is 12.0 Å². The Labute approximate surface area is 197 Å². The number of rotatable bonds is 9. The third-order valence-electron chi connectivity index (χ3n) is 5.53. The van der Waals surface area contributed by atoms with Gasteiger partial charge in [-0.2, -0.15) is 0 Å². The zero-order valence-electron chi connectivity index (χ0n) is 18.7. The molecule has 2 aromatic rings. The van der Waals surface area contributed by atoms with E-state index in [4.69, 9.17) is 14.2 Å². The maximum Gasteiger partial charge on any atom is 0.408 e. The van der Waals surface area contributed by atoms with Crippen LogP contribution in [0.2, 0.25) is 0 Å². The van der Waals surface area contributed by atoms with Gasteiger partial charge in [-0.3, -0.25) is 4.79 Å². The zero-order chi connectivity index (χ0) is 24.5. The number of carbonyl (C=O) groups excluding carboxylic acids is 2. The fraction of sp³-hybridized carbons (Fsp3) is 0.417. The molecule has 5 N–H and O–H groups in total. The summed E-state index contributed by atoms with van der Waals surface area (Å²) in [6, 6.07) is 15.9. The molecule has 10 heteroatoms. The van der Waals surface area contributed by atoms with Crippen molar-refractivity contribution in [3.63, 3.8) is 0 Å². The van der Waals surface area contributed by atoms with Gasteiger partial charge in [0, 0.05) is 13.5 Å². The van der Waals surface area contributed by atoms with Gasteiger partial charge >= 0.3 is 6.09 Å². The summed E-state index contributed by atoms with van der Waals surface area (Å²) in [6.45, 7) is -0.519. The lowest BCUT2D eigenvalue weighted by molar-refractivity contribution is -0.271. The number of alkyl carbamates (subject to hydrolysis) is 1. The third-order valence-corrected chi connectivity index (χ3v) is 5.53. The minimum atomic E-state index is -1.41. The van der Waals surface area contributed by atoms with Crippen molar-refractivity contribution in [3.05, 3.63) is 71.8 Å². The molecule has 0 aliphatic carbocycles. The van der Waals surface area contributed by atoms with Gasteiger partial charge in [-0.25, -0.2) is 4.79 Å². The molecule has 2 aromatic carbocycles. The monoisotopic (exact) mass is 474 g/mol. The molecule has 184 valence electrons. The number of hydrogen-bond donors (Lipinski definition) is 5. The highest BCUT2D eigenvalue weighted by Gasteiger charge is 2.45. The largest absolute Gasteiger partial charge is 0.445 e. The number of amides is 2. The summed E-state index contributed by atoms with van der Waals surface area (Å²) in [6.07, 6.45) is -5.71. The van der Waals surface area contributed by atoms with Gasteiger partial charge in [-0.05, 0) is 11.1 Å². The van der Waals surface area contributed by atoms with E-state index >= 15 is 0 Å². The Bertz CT molecular complexity index is 898. The lowest BCUT2D eigenvalue weighted by atomic mass is 9.95. The summed E-state index contributed by atoms with van der Waals surface area (Å²) < 4.78 is 15.6. The van der Waals surface area contributed by atoms with Crippen LogP contribution in [0, 0.1) is 0 Å². The Morgan fingerprint density at radius 1 is 1.00 bits per heavy atom. The van der Waals surface area contributed by atoms with Crippen LogP contribution in [0.15, 0.2) is 60.7 Å². The SMILES string of the molecule is CO[C@H]1O[C@@H](CO)[C@@H](O)[C@@H](NC(=O)[C@@H](Cc2ccccc2)NC(=O)OCc2ccccc2)[C@H]1O. The first-order chi connectivity index (χ1) is 16.4. The van der Waals surface area contributed by atoms with Gasteiger partial charge < -0.3 is 40.2 Å². The van der Waals surface area contributed by atoms with Gasteiger partial charge in [0.05, 0.1) is 12.6 Å². The summed E-state index contributed by atoms with van der Waals surface area (Å²) in [5, 5.41) is 35.6. The molecule has 0 unspecified atom stereocenters. The normalized spacial score (nSPS) is 25.2. The highest BCUT2D eigenvalue weighted by Crippen LogP contribution is 2.22. The number of methoxy groups -OCH3 is 1. The number of aliphatic hydroxyl groups is 3. The summed E-state index contributed by atoms with van der Waals surface area (Å²) >= 11 is 0. The molecule has 6 atom stereocenters. The van der Waals surface area contributed by atoms with E-state index in [1.165, 1.54) is 7.11 Å². The van der Waals surface area contributed by atoms with E-state index in [1.807, 2.05) is 24.3 Å². The van der Waals surface area contributed by atoms with Crippen LogP contribution >= 0.6 is 0 Å². The summed E-state index contributed by atoms with van der Waals surface area (Å²) in [4.78, 5) is 25.6. The second-order valence-corrected chi connectivity index (χ2v) is 7.93. The molecule has 1 fully saturated rings. The van der Waals surface area contributed by atoms with Gasteiger partial charge in [0.2, 0.25) is 5.91 Å². The summed E-state index contributed by atoms with van der Waals surface area (Å²) in [5.41, 5.74) is 1.57. The average molecular weight is 475 g/mol. The number of aliphatic hydroxyl groups excluding tert-OH is 3. The minimum Gasteiger partial charge on any atom is -0.445 e. The Kier molecular flexibility index (Phi) is 9.37.